The van der Waals surface area contributed by atoms with Crippen molar-refractivity contribution in [3.63, 3.8) is 0 Å². The van der Waals surface area contributed by atoms with E-state index in [4.69, 9.17) is 11.6 Å². The van der Waals surface area contributed by atoms with Crippen molar-refractivity contribution in [3.05, 3.63) is 62.6 Å². The number of rotatable bonds is 9. The Hall–Kier alpha value is -2.73. The smallest absolute Gasteiger partial charge is 0.243 e. The molecular formula is C25H29ClN4O5S2. The van der Waals surface area contributed by atoms with Crippen molar-refractivity contribution < 1.29 is 22.8 Å². The van der Waals surface area contributed by atoms with Crippen LogP contribution in [0.1, 0.15) is 36.1 Å². The molecule has 2 unspecified atom stereocenters. The summed E-state index contributed by atoms with van der Waals surface area (Å²) in [6.07, 6.45) is 3.58. The molecule has 3 heterocycles. The summed E-state index contributed by atoms with van der Waals surface area (Å²) in [7, 11) is -3.88. The Balaban J connectivity index is 1.32. The van der Waals surface area contributed by atoms with Crippen LogP contribution in [0.5, 0.6) is 0 Å². The van der Waals surface area contributed by atoms with E-state index < -0.39 is 28.0 Å². The first-order valence-electron chi connectivity index (χ1n) is 12.1. The van der Waals surface area contributed by atoms with Gasteiger partial charge in [0.15, 0.2) is 0 Å². The monoisotopic (exact) mass is 564 g/mol. The van der Waals surface area contributed by atoms with Gasteiger partial charge in [0.1, 0.15) is 12.1 Å². The Morgan fingerprint density at radius 3 is 2.57 bits per heavy atom. The van der Waals surface area contributed by atoms with Crippen LogP contribution in [0, 0.1) is 0 Å². The maximum Gasteiger partial charge on any atom is 0.243 e. The number of halogens is 1. The van der Waals surface area contributed by atoms with Crippen molar-refractivity contribution in [3.8, 4) is 0 Å². The van der Waals surface area contributed by atoms with Gasteiger partial charge in [0.2, 0.25) is 27.7 Å². The van der Waals surface area contributed by atoms with Crippen LogP contribution in [0.15, 0.2) is 47.9 Å². The van der Waals surface area contributed by atoms with Gasteiger partial charge in [-0.15, -0.1) is 11.3 Å². The lowest BCUT2D eigenvalue weighted by Gasteiger charge is -2.33. The molecule has 2 aliphatic heterocycles. The van der Waals surface area contributed by atoms with E-state index in [1.54, 1.807) is 12.1 Å². The molecule has 3 amide bonds. The van der Waals surface area contributed by atoms with Crippen molar-refractivity contribution in [2.75, 3.05) is 19.6 Å². The Kier molecular flexibility index (Phi) is 9.01. The third-order valence-corrected chi connectivity index (χ3v) is 8.66. The van der Waals surface area contributed by atoms with Crippen molar-refractivity contribution in [2.24, 2.45) is 0 Å². The molecular weight excluding hydrogens is 536 g/mol. The second-order valence-electron chi connectivity index (χ2n) is 9.01. The summed E-state index contributed by atoms with van der Waals surface area (Å²) in [5.74, 6) is -0.979. The number of thiophene rings is 1. The number of hydrogen-bond donors (Lipinski definition) is 2. The van der Waals surface area contributed by atoms with Crippen LogP contribution in [0.2, 0.25) is 4.34 Å². The third-order valence-electron chi connectivity index (χ3n) is 6.35. The predicted octanol–water partition coefficient (Wildman–Crippen LogP) is 2.59. The largest absolute Gasteiger partial charge is 0.350 e. The number of carbonyl (C=O) groups is 3. The molecule has 37 heavy (non-hydrogen) atoms. The molecule has 0 radical (unpaired) electrons. The lowest BCUT2D eigenvalue weighted by atomic mass is 10.1. The maximum atomic E-state index is 13.1. The van der Waals surface area contributed by atoms with Gasteiger partial charge in [-0.2, -0.15) is 4.72 Å². The van der Waals surface area contributed by atoms with E-state index >= 15 is 0 Å². The molecule has 2 aliphatic rings. The molecule has 0 saturated carbocycles. The first-order chi connectivity index (χ1) is 17.7. The molecule has 0 bridgehead atoms. The highest BCUT2D eigenvalue weighted by Gasteiger charge is 2.37. The van der Waals surface area contributed by atoms with Gasteiger partial charge >= 0.3 is 0 Å². The summed E-state index contributed by atoms with van der Waals surface area (Å²) in [5.41, 5.74) is 0.966. The van der Waals surface area contributed by atoms with E-state index in [9.17, 15) is 22.8 Å². The molecule has 1 aromatic carbocycles. The van der Waals surface area contributed by atoms with Crippen LogP contribution in [0.3, 0.4) is 0 Å². The zero-order valence-corrected chi connectivity index (χ0v) is 22.5. The number of amides is 3. The molecule has 2 fully saturated rings. The summed E-state index contributed by atoms with van der Waals surface area (Å²) in [6.45, 7) is 0.977. The number of hydrogen-bond acceptors (Lipinski definition) is 6. The predicted molar refractivity (Wildman–Crippen MR) is 143 cm³/mol. The Labute approximate surface area is 225 Å². The SMILES string of the molecule is O=C(NCc1ccccc1)C1CCCN1C(=O)CN1CCCC(NS(=O)(=O)/C=C/c2ccc(Cl)s2)C1=O. The summed E-state index contributed by atoms with van der Waals surface area (Å²) in [4.78, 5) is 42.5. The van der Waals surface area contributed by atoms with E-state index in [1.807, 2.05) is 30.3 Å². The number of benzene rings is 1. The van der Waals surface area contributed by atoms with Gasteiger partial charge in [0, 0.05) is 29.9 Å². The summed E-state index contributed by atoms with van der Waals surface area (Å²) in [5, 5.41) is 3.90. The van der Waals surface area contributed by atoms with Crippen LogP contribution in [-0.4, -0.2) is 67.7 Å². The zero-order valence-electron chi connectivity index (χ0n) is 20.1. The zero-order chi connectivity index (χ0) is 26.4. The van der Waals surface area contributed by atoms with E-state index in [0.717, 1.165) is 11.0 Å². The quantitative estimate of drug-likeness (QED) is 0.486. The molecule has 4 rings (SSSR count). The number of nitrogens with one attached hydrogen (secondary N) is 2. The van der Waals surface area contributed by atoms with Crippen LogP contribution in [0.4, 0.5) is 0 Å². The second kappa shape index (κ2) is 12.2. The number of piperidine rings is 1. The van der Waals surface area contributed by atoms with E-state index in [0.29, 0.717) is 54.5 Å². The molecule has 0 aliphatic carbocycles. The fourth-order valence-electron chi connectivity index (χ4n) is 4.51. The average Bonchev–Trinajstić information content (AvgIpc) is 3.54. The topological polar surface area (TPSA) is 116 Å². The van der Waals surface area contributed by atoms with Crippen LogP contribution in [0.25, 0.3) is 6.08 Å². The minimum atomic E-state index is -3.88. The normalized spacial score (nSPS) is 20.5. The molecule has 2 atom stereocenters. The molecule has 9 nitrogen and oxygen atoms in total. The minimum absolute atomic E-state index is 0.191. The molecule has 1 aromatic heterocycles. The van der Waals surface area contributed by atoms with Gasteiger partial charge < -0.3 is 15.1 Å². The fraction of sp³-hybridized carbons (Fsp3) is 0.400. The Bertz CT molecular complexity index is 1260. The maximum absolute atomic E-state index is 13.1. The molecule has 2 saturated heterocycles. The minimum Gasteiger partial charge on any atom is -0.350 e. The Morgan fingerprint density at radius 1 is 1.08 bits per heavy atom. The molecule has 12 heteroatoms. The molecule has 198 valence electrons. The third kappa shape index (κ3) is 7.41. The van der Waals surface area contributed by atoms with Crippen LogP contribution >= 0.6 is 22.9 Å². The van der Waals surface area contributed by atoms with E-state index in [-0.39, 0.29) is 18.4 Å². The molecule has 2 aromatic rings. The van der Waals surface area contributed by atoms with Crippen molar-refractivity contribution in [2.45, 2.75) is 44.3 Å². The first kappa shape index (κ1) is 27.3. The number of likely N-dealkylation sites (tertiary alicyclic amines) is 2. The average molecular weight is 565 g/mol. The summed E-state index contributed by atoms with van der Waals surface area (Å²) >= 11 is 7.11. The van der Waals surface area contributed by atoms with Gasteiger partial charge in [-0.3, -0.25) is 14.4 Å². The summed E-state index contributed by atoms with van der Waals surface area (Å²) < 4.78 is 28.0. The highest BCUT2D eigenvalue weighted by Crippen LogP contribution is 2.23. The standard InChI is InChI=1S/C25H29ClN4O5S2/c26-22-11-10-19(36-22)12-15-37(34,35)28-20-8-4-13-29(25(20)33)17-23(31)30-14-5-9-21(30)24(32)27-16-18-6-2-1-3-7-18/h1-3,6-7,10-12,15,20-21,28H,4-5,8-9,13-14,16-17H2,(H,27,32)/b15-12+. The molecule has 0 spiro atoms. The summed E-state index contributed by atoms with van der Waals surface area (Å²) in [6, 6.07) is 11.4. The van der Waals surface area contributed by atoms with Gasteiger partial charge in [-0.25, -0.2) is 8.42 Å². The van der Waals surface area contributed by atoms with Gasteiger partial charge in [-0.1, -0.05) is 41.9 Å². The van der Waals surface area contributed by atoms with Crippen LogP contribution < -0.4 is 10.0 Å². The van der Waals surface area contributed by atoms with Crippen LogP contribution in [-0.2, 0) is 31.0 Å². The van der Waals surface area contributed by atoms with Gasteiger partial charge in [-0.05, 0) is 49.5 Å². The second-order valence-corrected chi connectivity index (χ2v) is 12.4. The number of carbonyl (C=O) groups excluding carboxylic acids is 3. The van der Waals surface area contributed by atoms with Crippen molar-refractivity contribution in [1.82, 2.24) is 19.8 Å². The fourth-order valence-corrected chi connectivity index (χ4v) is 6.58. The number of sulfonamides is 1. The van der Waals surface area contributed by atoms with Crippen molar-refractivity contribution in [1.29, 1.82) is 0 Å². The number of nitrogens with zero attached hydrogens (tertiary/aromatic N) is 2. The molecule has 2 N–H and O–H groups in total. The van der Waals surface area contributed by atoms with E-state index in [2.05, 4.69) is 10.0 Å². The van der Waals surface area contributed by atoms with Crippen molar-refractivity contribution >= 4 is 56.8 Å². The highest BCUT2D eigenvalue weighted by molar-refractivity contribution is 7.92. The lowest BCUT2D eigenvalue weighted by Crippen LogP contribution is -2.55. The Morgan fingerprint density at radius 2 is 1.84 bits per heavy atom. The van der Waals surface area contributed by atoms with E-state index in [1.165, 1.54) is 27.2 Å². The first-order valence-corrected chi connectivity index (χ1v) is 14.8. The lowest BCUT2D eigenvalue weighted by molar-refractivity contribution is -0.145. The highest BCUT2D eigenvalue weighted by atomic mass is 35.5. The van der Waals surface area contributed by atoms with Gasteiger partial charge in [0.05, 0.1) is 10.9 Å². The van der Waals surface area contributed by atoms with Gasteiger partial charge in [0.25, 0.3) is 0 Å².